The van der Waals surface area contributed by atoms with Crippen molar-refractivity contribution in [2.75, 3.05) is 19.8 Å². The minimum Gasteiger partial charge on any atom is -0.394 e. The summed E-state index contributed by atoms with van der Waals surface area (Å²) in [6.07, 6.45) is 0. The standard InChI is InChI=1S/C5H10N2O5/c8-2-5(3-9)1-6(11)4(10)7(5)12/h8-9,11-12H,1-3H2. The molecule has 1 aliphatic heterocycles. The molecule has 0 aromatic rings. The average Bonchev–Trinajstić information content (AvgIpc) is 2.30. The molecule has 0 aromatic heterocycles. The molecule has 0 spiro atoms. The second-order valence-electron chi connectivity index (χ2n) is 2.69. The van der Waals surface area contributed by atoms with Crippen LogP contribution in [0.4, 0.5) is 4.79 Å². The first kappa shape index (κ1) is 9.20. The maximum Gasteiger partial charge on any atom is 0.368 e. The Labute approximate surface area is 68.0 Å². The van der Waals surface area contributed by atoms with Crippen LogP contribution < -0.4 is 0 Å². The van der Waals surface area contributed by atoms with Gasteiger partial charge in [0.05, 0.1) is 19.8 Å². The number of hydroxylamine groups is 4. The zero-order valence-electron chi connectivity index (χ0n) is 6.21. The lowest BCUT2D eigenvalue weighted by atomic mass is 10.0. The van der Waals surface area contributed by atoms with Gasteiger partial charge in [-0.15, -0.1) is 0 Å². The molecule has 0 bridgehead atoms. The van der Waals surface area contributed by atoms with E-state index in [9.17, 15) is 4.79 Å². The molecular formula is C5H10N2O5. The van der Waals surface area contributed by atoms with Crippen molar-refractivity contribution in [3.63, 3.8) is 0 Å². The first-order valence-electron chi connectivity index (χ1n) is 3.28. The normalized spacial score (nSPS) is 22.2. The fourth-order valence-electron chi connectivity index (χ4n) is 1.01. The molecule has 0 aliphatic carbocycles. The van der Waals surface area contributed by atoms with Gasteiger partial charge < -0.3 is 10.2 Å². The van der Waals surface area contributed by atoms with E-state index in [1.54, 1.807) is 0 Å². The van der Waals surface area contributed by atoms with Crippen molar-refractivity contribution >= 4 is 6.03 Å². The molecule has 7 heteroatoms. The van der Waals surface area contributed by atoms with E-state index in [1.165, 1.54) is 0 Å². The maximum atomic E-state index is 10.8. The van der Waals surface area contributed by atoms with Crippen molar-refractivity contribution in [3.8, 4) is 0 Å². The van der Waals surface area contributed by atoms with E-state index in [4.69, 9.17) is 20.6 Å². The molecule has 0 radical (unpaired) electrons. The summed E-state index contributed by atoms with van der Waals surface area (Å²) in [5.41, 5.74) is -1.49. The van der Waals surface area contributed by atoms with Gasteiger partial charge in [0.2, 0.25) is 0 Å². The van der Waals surface area contributed by atoms with Gasteiger partial charge in [-0.05, 0) is 0 Å². The Morgan fingerprint density at radius 3 is 2.00 bits per heavy atom. The molecule has 0 saturated carbocycles. The first-order valence-corrected chi connectivity index (χ1v) is 3.28. The van der Waals surface area contributed by atoms with E-state index in [-0.39, 0.29) is 16.7 Å². The van der Waals surface area contributed by atoms with Gasteiger partial charge in [-0.25, -0.2) is 9.86 Å². The van der Waals surface area contributed by atoms with Crippen LogP contribution in [0.1, 0.15) is 0 Å². The van der Waals surface area contributed by atoms with Crippen LogP contribution in [0.25, 0.3) is 0 Å². The van der Waals surface area contributed by atoms with Gasteiger partial charge in [0.1, 0.15) is 5.54 Å². The predicted octanol–water partition coefficient (Wildman–Crippen LogP) is -1.77. The van der Waals surface area contributed by atoms with Gasteiger partial charge in [0.15, 0.2) is 0 Å². The molecule has 1 saturated heterocycles. The Kier molecular flexibility index (Phi) is 2.20. The number of aliphatic hydroxyl groups is 2. The van der Waals surface area contributed by atoms with Crippen molar-refractivity contribution < 1.29 is 25.4 Å². The van der Waals surface area contributed by atoms with E-state index in [0.29, 0.717) is 0 Å². The monoisotopic (exact) mass is 178 g/mol. The summed E-state index contributed by atoms with van der Waals surface area (Å²) < 4.78 is 0. The summed E-state index contributed by atoms with van der Waals surface area (Å²) in [5.74, 6) is 0. The molecule has 1 fully saturated rings. The van der Waals surface area contributed by atoms with Crippen LogP contribution in [0.3, 0.4) is 0 Å². The first-order chi connectivity index (χ1) is 5.57. The fraction of sp³-hybridized carbons (Fsp3) is 0.800. The second-order valence-corrected chi connectivity index (χ2v) is 2.69. The number of carbonyl (C=O) groups is 1. The SMILES string of the molecule is O=C1N(O)CC(CO)(CO)N1O. The number of rotatable bonds is 2. The Morgan fingerprint density at radius 1 is 1.33 bits per heavy atom. The van der Waals surface area contributed by atoms with E-state index in [1.807, 2.05) is 0 Å². The van der Waals surface area contributed by atoms with Crippen LogP contribution >= 0.6 is 0 Å². The zero-order valence-corrected chi connectivity index (χ0v) is 6.21. The van der Waals surface area contributed by atoms with Crippen molar-refractivity contribution in [1.82, 2.24) is 10.1 Å². The van der Waals surface area contributed by atoms with Crippen LogP contribution in [0, 0.1) is 0 Å². The van der Waals surface area contributed by atoms with Gasteiger partial charge in [0, 0.05) is 0 Å². The van der Waals surface area contributed by atoms with Crippen molar-refractivity contribution in [3.05, 3.63) is 0 Å². The van der Waals surface area contributed by atoms with Crippen LogP contribution in [-0.4, -0.2) is 62.1 Å². The topological polar surface area (TPSA) is 104 Å². The third-order valence-corrected chi connectivity index (χ3v) is 1.88. The average molecular weight is 178 g/mol. The third-order valence-electron chi connectivity index (χ3n) is 1.88. The number of aliphatic hydroxyl groups excluding tert-OH is 2. The second kappa shape index (κ2) is 2.87. The van der Waals surface area contributed by atoms with E-state index < -0.39 is 24.8 Å². The Hall–Kier alpha value is -0.890. The summed E-state index contributed by atoms with van der Waals surface area (Å²) in [6, 6.07) is -1.06. The van der Waals surface area contributed by atoms with Crippen LogP contribution in [0.15, 0.2) is 0 Å². The largest absolute Gasteiger partial charge is 0.394 e. The highest BCUT2D eigenvalue weighted by molar-refractivity contribution is 5.75. The Morgan fingerprint density at radius 2 is 1.83 bits per heavy atom. The molecule has 12 heavy (non-hydrogen) atoms. The number of urea groups is 1. The van der Waals surface area contributed by atoms with Gasteiger partial charge >= 0.3 is 6.03 Å². The maximum absolute atomic E-state index is 10.8. The van der Waals surface area contributed by atoms with Crippen LogP contribution in [-0.2, 0) is 0 Å². The lowest BCUT2D eigenvalue weighted by molar-refractivity contribution is -0.135. The minimum absolute atomic E-state index is 0.132. The number of hydrogen-bond acceptors (Lipinski definition) is 5. The highest BCUT2D eigenvalue weighted by atomic mass is 16.6. The van der Waals surface area contributed by atoms with Gasteiger partial charge in [-0.3, -0.25) is 10.4 Å². The highest BCUT2D eigenvalue weighted by Crippen LogP contribution is 2.22. The summed E-state index contributed by atoms with van der Waals surface area (Å²) >= 11 is 0. The highest BCUT2D eigenvalue weighted by Gasteiger charge is 2.49. The molecule has 2 amide bonds. The molecule has 1 heterocycles. The summed E-state index contributed by atoms with van der Waals surface area (Å²) in [5, 5.41) is 35.8. The Bertz CT molecular complexity index is 192. The van der Waals surface area contributed by atoms with Gasteiger partial charge in [-0.1, -0.05) is 0 Å². The Balaban J connectivity index is 2.86. The molecule has 0 aromatic carbocycles. The molecule has 70 valence electrons. The molecule has 7 nitrogen and oxygen atoms in total. The lowest BCUT2D eigenvalue weighted by Gasteiger charge is -2.27. The summed E-state index contributed by atoms with van der Waals surface area (Å²) in [7, 11) is 0. The van der Waals surface area contributed by atoms with Crippen molar-refractivity contribution in [2.24, 2.45) is 0 Å². The van der Waals surface area contributed by atoms with Crippen molar-refractivity contribution in [1.29, 1.82) is 0 Å². The van der Waals surface area contributed by atoms with E-state index >= 15 is 0 Å². The summed E-state index contributed by atoms with van der Waals surface area (Å²) in [4.78, 5) is 10.8. The zero-order chi connectivity index (χ0) is 9.35. The minimum atomic E-state index is -1.49. The fourth-order valence-corrected chi connectivity index (χ4v) is 1.01. The van der Waals surface area contributed by atoms with Gasteiger partial charge in [0.25, 0.3) is 0 Å². The number of hydrogen-bond donors (Lipinski definition) is 4. The summed E-state index contributed by atoms with van der Waals surface area (Å²) in [6.45, 7) is -1.57. The number of nitrogens with zero attached hydrogens (tertiary/aromatic N) is 2. The molecular weight excluding hydrogens is 168 g/mol. The number of amides is 2. The smallest absolute Gasteiger partial charge is 0.368 e. The predicted molar refractivity (Wildman–Crippen MR) is 34.4 cm³/mol. The quantitative estimate of drug-likeness (QED) is 0.374. The van der Waals surface area contributed by atoms with Gasteiger partial charge in [-0.2, -0.15) is 5.06 Å². The molecule has 1 rings (SSSR count). The molecule has 0 atom stereocenters. The van der Waals surface area contributed by atoms with E-state index in [0.717, 1.165) is 0 Å². The molecule has 1 aliphatic rings. The van der Waals surface area contributed by atoms with Crippen LogP contribution in [0.2, 0.25) is 0 Å². The van der Waals surface area contributed by atoms with Crippen molar-refractivity contribution in [2.45, 2.75) is 5.54 Å². The number of carbonyl (C=O) groups excluding carboxylic acids is 1. The molecule has 4 N–H and O–H groups in total. The van der Waals surface area contributed by atoms with Crippen LogP contribution in [0.5, 0.6) is 0 Å². The molecule has 0 unspecified atom stereocenters. The third kappa shape index (κ3) is 1.03. The lowest BCUT2D eigenvalue weighted by Crippen LogP contribution is -2.51. The van der Waals surface area contributed by atoms with E-state index in [2.05, 4.69) is 0 Å².